The average Bonchev–Trinajstić information content (AvgIpc) is 2.40. The molecule has 2 aromatic rings. The van der Waals surface area contributed by atoms with Crippen molar-refractivity contribution in [1.82, 2.24) is 15.5 Å². The van der Waals surface area contributed by atoms with Crippen LogP contribution in [0.2, 0.25) is 0 Å². The predicted octanol–water partition coefficient (Wildman–Crippen LogP) is 1.26. The molecule has 2 rings (SSSR count). The summed E-state index contributed by atoms with van der Waals surface area (Å²) in [6, 6.07) is 12.2. The van der Waals surface area contributed by atoms with Gasteiger partial charge in [-0.15, -0.1) is 0 Å². The van der Waals surface area contributed by atoms with Gasteiger partial charge in [0.15, 0.2) is 0 Å². The Morgan fingerprint density at radius 2 is 1.94 bits per heavy atom. The van der Waals surface area contributed by atoms with Crippen LogP contribution in [0.25, 0.3) is 0 Å². The van der Waals surface area contributed by atoms with Gasteiger partial charge in [-0.3, -0.25) is 9.59 Å². The van der Waals surface area contributed by atoms with Gasteiger partial charge in [-0.25, -0.2) is 5.10 Å². The third-order valence-corrected chi connectivity index (χ3v) is 2.56. The van der Waals surface area contributed by atoms with E-state index in [0.717, 1.165) is 5.56 Å². The zero-order valence-electron chi connectivity index (χ0n) is 9.88. The van der Waals surface area contributed by atoms with Gasteiger partial charge in [0, 0.05) is 6.07 Å². The molecule has 0 spiro atoms. The average molecular weight is 243 g/mol. The first-order valence-corrected chi connectivity index (χ1v) is 5.58. The van der Waals surface area contributed by atoms with Crippen LogP contribution in [0.1, 0.15) is 29.0 Å². The lowest BCUT2D eigenvalue weighted by Gasteiger charge is -2.13. The van der Waals surface area contributed by atoms with E-state index in [1.54, 1.807) is 0 Å². The third kappa shape index (κ3) is 2.82. The van der Waals surface area contributed by atoms with Crippen molar-refractivity contribution in [3.63, 3.8) is 0 Å². The molecule has 0 saturated carbocycles. The Kier molecular flexibility index (Phi) is 3.52. The third-order valence-electron chi connectivity index (χ3n) is 2.56. The van der Waals surface area contributed by atoms with Gasteiger partial charge in [-0.2, -0.15) is 5.10 Å². The number of amides is 1. The summed E-state index contributed by atoms with van der Waals surface area (Å²) in [5.41, 5.74) is 0.871. The van der Waals surface area contributed by atoms with E-state index in [1.807, 2.05) is 37.3 Å². The SMILES string of the molecule is C[C@H](NC(=O)c1ccc(=O)[nH]n1)c1ccccc1. The van der Waals surface area contributed by atoms with Crippen LogP contribution in [-0.4, -0.2) is 16.1 Å². The maximum Gasteiger partial charge on any atom is 0.272 e. The van der Waals surface area contributed by atoms with E-state index in [4.69, 9.17) is 0 Å². The number of hydrogen-bond acceptors (Lipinski definition) is 3. The molecular weight excluding hydrogens is 230 g/mol. The molecule has 0 aliphatic heterocycles. The number of aromatic amines is 1. The molecule has 5 nitrogen and oxygen atoms in total. The molecule has 0 fully saturated rings. The van der Waals surface area contributed by atoms with Crippen LogP contribution in [0.15, 0.2) is 47.3 Å². The molecule has 0 aliphatic rings. The van der Waals surface area contributed by atoms with Gasteiger partial charge in [0.2, 0.25) is 0 Å². The highest BCUT2D eigenvalue weighted by Crippen LogP contribution is 2.11. The highest BCUT2D eigenvalue weighted by Gasteiger charge is 2.12. The first kappa shape index (κ1) is 12.0. The molecule has 0 bridgehead atoms. The summed E-state index contributed by atoms with van der Waals surface area (Å²) in [7, 11) is 0. The highest BCUT2D eigenvalue weighted by molar-refractivity contribution is 5.92. The number of benzene rings is 1. The molecule has 92 valence electrons. The second kappa shape index (κ2) is 5.27. The minimum atomic E-state index is -0.331. The summed E-state index contributed by atoms with van der Waals surface area (Å²) >= 11 is 0. The molecule has 1 heterocycles. The smallest absolute Gasteiger partial charge is 0.272 e. The fourth-order valence-corrected chi connectivity index (χ4v) is 1.57. The number of hydrogen-bond donors (Lipinski definition) is 2. The molecule has 18 heavy (non-hydrogen) atoms. The van der Waals surface area contributed by atoms with Gasteiger partial charge < -0.3 is 5.32 Å². The highest BCUT2D eigenvalue weighted by atomic mass is 16.2. The van der Waals surface area contributed by atoms with Gasteiger partial charge in [-0.05, 0) is 18.6 Å². The molecule has 0 radical (unpaired) electrons. The minimum Gasteiger partial charge on any atom is -0.344 e. The number of nitrogens with one attached hydrogen (secondary N) is 2. The second-order valence-electron chi connectivity index (χ2n) is 3.91. The summed E-state index contributed by atoms with van der Waals surface area (Å²) < 4.78 is 0. The standard InChI is InChI=1S/C13H13N3O2/c1-9(10-5-3-2-4-6-10)14-13(18)11-7-8-12(17)16-15-11/h2-9H,1H3,(H,14,18)(H,16,17)/t9-/m0/s1. The van der Waals surface area contributed by atoms with Crippen LogP contribution < -0.4 is 10.9 Å². The topological polar surface area (TPSA) is 74.8 Å². The van der Waals surface area contributed by atoms with Gasteiger partial charge in [0.05, 0.1) is 6.04 Å². The van der Waals surface area contributed by atoms with Crippen LogP contribution in [0.3, 0.4) is 0 Å². The number of carbonyl (C=O) groups is 1. The summed E-state index contributed by atoms with van der Waals surface area (Å²) in [6.45, 7) is 1.89. The fraction of sp³-hybridized carbons (Fsp3) is 0.154. The molecule has 2 N–H and O–H groups in total. The largest absolute Gasteiger partial charge is 0.344 e. The van der Waals surface area contributed by atoms with Crippen molar-refractivity contribution in [2.45, 2.75) is 13.0 Å². The fourth-order valence-electron chi connectivity index (χ4n) is 1.57. The number of H-pyrrole nitrogens is 1. The second-order valence-corrected chi connectivity index (χ2v) is 3.91. The quantitative estimate of drug-likeness (QED) is 0.852. The van der Waals surface area contributed by atoms with Gasteiger partial charge in [0.1, 0.15) is 5.69 Å². The Morgan fingerprint density at radius 3 is 2.56 bits per heavy atom. The zero-order valence-corrected chi connectivity index (χ0v) is 9.88. The lowest BCUT2D eigenvalue weighted by molar-refractivity contribution is 0.0933. The van der Waals surface area contributed by atoms with Gasteiger partial charge >= 0.3 is 0 Å². The van der Waals surface area contributed by atoms with Gasteiger partial charge in [0.25, 0.3) is 11.5 Å². The van der Waals surface area contributed by atoms with Crippen LogP contribution in [-0.2, 0) is 0 Å². The van der Waals surface area contributed by atoms with Crippen LogP contribution in [0.4, 0.5) is 0 Å². The first-order valence-electron chi connectivity index (χ1n) is 5.58. The summed E-state index contributed by atoms with van der Waals surface area (Å²) in [4.78, 5) is 22.7. The molecule has 1 atom stereocenters. The van der Waals surface area contributed by atoms with E-state index in [1.165, 1.54) is 12.1 Å². The Morgan fingerprint density at radius 1 is 1.22 bits per heavy atom. The van der Waals surface area contributed by atoms with Crippen molar-refractivity contribution in [2.24, 2.45) is 0 Å². The Bertz CT molecular complexity index is 572. The first-order chi connectivity index (χ1) is 8.66. The van der Waals surface area contributed by atoms with Crippen LogP contribution >= 0.6 is 0 Å². The van der Waals surface area contributed by atoms with E-state index in [-0.39, 0.29) is 23.2 Å². The molecular formula is C13H13N3O2. The monoisotopic (exact) mass is 243 g/mol. The molecule has 1 aromatic heterocycles. The molecule has 0 aliphatic carbocycles. The maximum atomic E-state index is 11.8. The van der Waals surface area contributed by atoms with Crippen molar-refractivity contribution < 1.29 is 4.79 Å². The number of rotatable bonds is 3. The van der Waals surface area contributed by atoms with Crippen molar-refractivity contribution in [1.29, 1.82) is 0 Å². The lowest BCUT2D eigenvalue weighted by atomic mass is 10.1. The van der Waals surface area contributed by atoms with E-state index >= 15 is 0 Å². The number of aromatic nitrogens is 2. The lowest BCUT2D eigenvalue weighted by Crippen LogP contribution is -2.28. The minimum absolute atomic E-state index is 0.118. The molecule has 0 saturated heterocycles. The van der Waals surface area contributed by atoms with Crippen molar-refractivity contribution in [3.8, 4) is 0 Å². The van der Waals surface area contributed by atoms with E-state index in [0.29, 0.717) is 0 Å². The molecule has 0 unspecified atom stereocenters. The molecule has 1 aromatic carbocycles. The predicted molar refractivity (Wildman–Crippen MR) is 67.2 cm³/mol. The van der Waals surface area contributed by atoms with Crippen LogP contribution in [0.5, 0.6) is 0 Å². The number of nitrogens with zero attached hydrogens (tertiary/aromatic N) is 1. The van der Waals surface area contributed by atoms with Crippen molar-refractivity contribution in [2.75, 3.05) is 0 Å². The van der Waals surface area contributed by atoms with Crippen molar-refractivity contribution in [3.05, 3.63) is 64.1 Å². The Hall–Kier alpha value is -2.43. The van der Waals surface area contributed by atoms with Crippen molar-refractivity contribution >= 4 is 5.91 Å². The van der Waals surface area contributed by atoms with E-state index < -0.39 is 0 Å². The van der Waals surface area contributed by atoms with Crippen LogP contribution in [0, 0.1) is 0 Å². The summed E-state index contributed by atoms with van der Waals surface area (Å²) in [5.74, 6) is -0.317. The molecule has 1 amide bonds. The van der Waals surface area contributed by atoms with E-state index in [9.17, 15) is 9.59 Å². The molecule has 5 heteroatoms. The summed E-state index contributed by atoms with van der Waals surface area (Å²) in [5, 5.41) is 8.71. The summed E-state index contributed by atoms with van der Waals surface area (Å²) in [6.07, 6.45) is 0. The Balaban J connectivity index is 2.08. The maximum absolute atomic E-state index is 11.8. The zero-order chi connectivity index (χ0) is 13.0. The number of carbonyl (C=O) groups excluding carboxylic acids is 1. The van der Waals surface area contributed by atoms with Gasteiger partial charge in [-0.1, -0.05) is 30.3 Å². The van der Waals surface area contributed by atoms with E-state index in [2.05, 4.69) is 15.5 Å². The Labute approximate surface area is 104 Å². The normalized spacial score (nSPS) is 11.8.